The number of carbonyl (C=O) groups is 2. The van der Waals surface area contributed by atoms with Gasteiger partial charge in [-0.05, 0) is 24.3 Å². The van der Waals surface area contributed by atoms with Gasteiger partial charge in [-0.3, -0.25) is 9.59 Å². The van der Waals surface area contributed by atoms with E-state index in [1.54, 1.807) is 12.1 Å². The molecule has 2 amide bonds. The summed E-state index contributed by atoms with van der Waals surface area (Å²) in [5.74, 6) is -1.20. The highest BCUT2D eigenvalue weighted by molar-refractivity contribution is 9.10. The Morgan fingerprint density at radius 2 is 1.83 bits per heavy atom. The van der Waals surface area contributed by atoms with Crippen molar-refractivity contribution in [2.24, 2.45) is 0 Å². The molecule has 0 atom stereocenters. The highest BCUT2D eigenvalue weighted by Crippen LogP contribution is 2.20. The first-order valence-corrected chi connectivity index (χ1v) is 6.16. The molecule has 0 bridgehead atoms. The topological polar surface area (TPSA) is 64.4 Å². The number of hydrogen-bond acceptors (Lipinski definition) is 3. The third-order valence-electron chi connectivity index (χ3n) is 2.71. The maximum Gasteiger partial charge on any atom is 0.316 e. The molecule has 18 heavy (non-hydrogen) atoms. The van der Waals surface area contributed by atoms with Gasteiger partial charge in [-0.1, -0.05) is 15.9 Å². The molecule has 0 unspecified atom stereocenters. The van der Waals surface area contributed by atoms with E-state index in [4.69, 9.17) is 5.26 Å². The molecule has 0 aliphatic carbocycles. The zero-order chi connectivity index (χ0) is 13.1. The van der Waals surface area contributed by atoms with Gasteiger partial charge < -0.3 is 9.80 Å². The quantitative estimate of drug-likeness (QED) is 0.608. The Hall–Kier alpha value is -1.87. The lowest BCUT2D eigenvalue weighted by Crippen LogP contribution is -2.54. The molecule has 6 heteroatoms. The summed E-state index contributed by atoms with van der Waals surface area (Å²) in [6.07, 6.45) is 0. The lowest BCUT2D eigenvalue weighted by atomic mass is 10.2. The van der Waals surface area contributed by atoms with Crippen molar-refractivity contribution in [3.63, 3.8) is 0 Å². The van der Waals surface area contributed by atoms with E-state index in [-0.39, 0.29) is 6.54 Å². The number of hydrogen-bond donors (Lipinski definition) is 0. The van der Waals surface area contributed by atoms with Crippen molar-refractivity contribution in [1.82, 2.24) is 4.90 Å². The van der Waals surface area contributed by atoms with E-state index in [0.717, 1.165) is 4.47 Å². The second-order valence-corrected chi connectivity index (χ2v) is 4.73. The number of anilines is 1. The van der Waals surface area contributed by atoms with E-state index in [2.05, 4.69) is 15.9 Å². The van der Waals surface area contributed by atoms with Crippen molar-refractivity contribution in [2.75, 3.05) is 24.5 Å². The van der Waals surface area contributed by atoms with Crippen LogP contribution in [0.2, 0.25) is 0 Å². The van der Waals surface area contributed by atoms with Gasteiger partial charge in [-0.15, -0.1) is 0 Å². The van der Waals surface area contributed by atoms with Gasteiger partial charge in [0.1, 0.15) is 6.54 Å². The van der Waals surface area contributed by atoms with E-state index >= 15 is 0 Å². The summed E-state index contributed by atoms with van der Waals surface area (Å²) < 4.78 is 0.910. The molecule has 1 aromatic carbocycles. The van der Waals surface area contributed by atoms with E-state index in [0.29, 0.717) is 18.8 Å². The molecule has 1 aromatic rings. The normalized spacial score (nSPS) is 15.8. The molecule has 1 aliphatic heterocycles. The standard InChI is InChI=1S/C12H10BrN3O2/c13-9-1-3-10(4-2-9)16-8-7-15(6-5-14)11(17)12(16)18/h1-4H,6-8H2. The number of halogens is 1. The maximum absolute atomic E-state index is 11.9. The van der Waals surface area contributed by atoms with Crippen LogP contribution in [0.3, 0.4) is 0 Å². The summed E-state index contributed by atoms with van der Waals surface area (Å²) in [7, 11) is 0. The lowest BCUT2D eigenvalue weighted by Gasteiger charge is -2.32. The average molecular weight is 308 g/mol. The number of benzene rings is 1. The van der Waals surface area contributed by atoms with Crippen LogP contribution < -0.4 is 4.90 Å². The first-order valence-electron chi connectivity index (χ1n) is 5.37. The smallest absolute Gasteiger partial charge is 0.316 e. The number of rotatable bonds is 2. The number of piperazine rings is 1. The van der Waals surface area contributed by atoms with Crippen LogP contribution in [-0.4, -0.2) is 36.3 Å². The molecule has 1 saturated heterocycles. The highest BCUT2D eigenvalue weighted by Gasteiger charge is 2.32. The van der Waals surface area contributed by atoms with Crippen LogP contribution in [0.4, 0.5) is 5.69 Å². The number of carbonyl (C=O) groups excluding carboxylic acids is 2. The number of nitrogens with zero attached hydrogens (tertiary/aromatic N) is 3. The first kappa shape index (κ1) is 12.6. The van der Waals surface area contributed by atoms with Crippen LogP contribution in [0.1, 0.15) is 0 Å². The lowest BCUT2D eigenvalue weighted by molar-refractivity contribution is -0.145. The predicted octanol–water partition coefficient (Wildman–Crippen LogP) is 1.15. The Morgan fingerprint density at radius 1 is 1.17 bits per heavy atom. The third-order valence-corrected chi connectivity index (χ3v) is 3.24. The van der Waals surface area contributed by atoms with Crippen LogP contribution in [0.25, 0.3) is 0 Å². The molecule has 1 aliphatic rings. The third kappa shape index (κ3) is 2.36. The number of amides is 2. The van der Waals surface area contributed by atoms with Gasteiger partial charge in [0, 0.05) is 23.2 Å². The van der Waals surface area contributed by atoms with Gasteiger partial charge in [0.25, 0.3) is 0 Å². The Morgan fingerprint density at radius 3 is 2.44 bits per heavy atom. The SMILES string of the molecule is N#CCN1CCN(c2ccc(Br)cc2)C(=O)C1=O. The van der Waals surface area contributed by atoms with Crippen molar-refractivity contribution in [3.05, 3.63) is 28.7 Å². The molecular weight excluding hydrogens is 298 g/mol. The Balaban J connectivity index is 2.18. The molecule has 2 rings (SSSR count). The van der Waals surface area contributed by atoms with Gasteiger partial charge >= 0.3 is 11.8 Å². The molecule has 92 valence electrons. The minimum atomic E-state index is -0.620. The maximum atomic E-state index is 11.9. The Kier molecular flexibility index (Phi) is 3.63. The molecule has 0 spiro atoms. The molecule has 1 fully saturated rings. The molecule has 0 radical (unpaired) electrons. The minimum Gasteiger partial charge on any atom is -0.319 e. The summed E-state index contributed by atoms with van der Waals surface area (Å²) in [5.41, 5.74) is 0.688. The highest BCUT2D eigenvalue weighted by atomic mass is 79.9. The summed E-state index contributed by atoms with van der Waals surface area (Å²) in [4.78, 5) is 26.3. The Labute approximate surface area is 113 Å². The van der Waals surface area contributed by atoms with Gasteiger partial charge in [0.2, 0.25) is 0 Å². The van der Waals surface area contributed by atoms with Gasteiger partial charge in [0.15, 0.2) is 0 Å². The summed E-state index contributed by atoms with van der Waals surface area (Å²) in [5, 5.41) is 8.56. The summed E-state index contributed by atoms with van der Waals surface area (Å²) in [6, 6.07) is 9.05. The van der Waals surface area contributed by atoms with Crippen LogP contribution in [0.15, 0.2) is 28.7 Å². The molecular formula is C12H10BrN3O2. The van der Waals surface area contributed by atoms with Crippen LogP contribution in [0.5, 0.6) is 0 Å². The minimum absolute atomic E-state index is 0.0429. The molecule has 0 saturated carbocycles. The van der Waals surface area contributed by atoms with Crippen molar-refractivity contribution in [2.45, 2.75) is 0 Å². The van der Waals surface area contributed by atoms with Crippen molar-refractivity contribution < 1.29 is 9.59 Å². The van der Waals surface area contributed by atoms with Crippen molar-refractivity contribution in [1.29, 1.82) is 5.26 Å². The summed E-state index contributed by atoms with van der Waals surface area (Å²) >= 11 is 3.31. The monoisotopic (exact) mass is 307 g/mol. The molecule has 0 N–H and O–H groups in total. The van der Waals surface area contributed by atoms with Crippen molar-refractivity contribution in [3.8, 4) is 6.07 Å². The molecule has 1 heterocycles. The largest absolute Gasteiger partial charge is 0.319 e. The molecule has 0 aromatic heterocycles. The first-order chi connectivity index (χ1) is 8.63. The fraction of sp³-hybridized carbons (Fsp3) is 0.250. The fourth-order valence-corrected chi connectivity index (χ4v) is 2.04. The fourth-order valence-electron chi connectivity index (χ4n) is 1.78. The van der Waals surface area contributed by atoms with E-state index < -0.39 is 11.8 Å². The van der Waals surface area contributed by atoms with E-state index in [9.17, 15) is 9.59 Å². The van der Waals surface area contributed by atoms with E-state index in [1.807, 2.05) is 18.2 Å². The summed E-state index contributed by atoms with van der Waals surface area (Å²) in [6.45, 7) is 0.751. The zero-order valence-corrected chi connectivity index (χ0v) is 11.1. The second-order valence-electron chi connectivity index (χ2n) is 3.82. The van der Waals surface area contributed by atoms with Crippen LogP contribution in [-0.2, 0) is 9.59 Å². The van der Waals surface area contributed by atoms with Gasteiger partial charge in [-0.25, -0.2) is 0 Å². The predicted molar refractivity (Wildman–Crippen MR) is 68.7 cm³/mol. The van der Waals surface area contributed by atoms with Crippen molar-refractivity contribution >= 4 is 33.4 Å². The Bertz CT molecular complexity index is 521. The van der Waals surface area contributed by atoms with E-state index in [1.165, 1.54) is 9.80 Å². The van der Waals surface area contributed by atoms with Crippen LogP contribution in [0, 0.1) is 11.3 Å². The average Bonchev–Trinajstić information content (AvgIpc) is 2.37. The zero-order valence-electron chi connectivity index (χ0n) is 9.47. The second kappa shape index (κ2) is 5.19. The van der Waals surface area contributed by atoms with Crippen LogP contribution >= 0.6 is 15.9 Å². The number of nitriles is 1. The molecule has 5 nitrogen and oxygen atoms in total. The van der Waals surface area contributed by atoms with Gasteiger partial charge in [-0.2, -0.15) is 5.26 Å². The van der Waals surface area contributed by atoms with Gasteiger partial charge in [0.05, 0.1) is 6.07 Å².